The van der Waals surface area contributed by atoms with E-state index in [2.05, 4.69) is 68.4 Å². The van der Waals surface area contributed by atoms with Gasteiger partial charge in [0.15, 0.2) is 5.78 Å². The molecule has 0 saturated carbocycles. The zero-order valence-electron chi connectivity index (χ0n) is 20.8. The van der Waals surface area contributed by atoms with Crippen LogP contribution in [-0.4, -0.2) is 11.6 Å². The average Bonchev–Trinajstić information content (AvgIpc) is 2.75. The van der Waals surface area contributed by atoms with Gasteiger partial charge in [0, 0.05) is 6.42 Å². The Bertz CT molecular complexity index is 820. The summed E-state index contributed by atoms with van der Waals surface area (Å²) < 4.78 is 0. The monoisotopic (exact) mass is 434 g/mol. The predicted octanol–water partition coefficient (Wildman–Crippen LogP) is 7.95. The molecule has 0 radical (unpaired) electrons. The first-order chi connectivity index (χ1) is 15.2. The summed E-state index contributed by atoms with van der Waals surface area (Å²) in [7, 11) is 0. The molecule has 0 N–H and O–H groups in total. The quantitative estimate of drug-likeness (QED) is 0.318. The highest BCUT2D eigenvalue weighted by Crippen LogP contribution is 2.32. The van der Waals surface area contributed by atoms with Gasteiger partial charge in [-0.05, 0) is 81.9 Å². The fourth-order valence-corrected chi connectivity index (χ4v) is 3.99. The van der Waals surface area contributed by atoms with Crippen molar-refractivity contribution in [2.75, 3.05) is 0 Å². The summed E-state index contributed by atoms with van der Waals surface area (Å²) in [6.07, 6.45) is 10.2. The molecule has 2 nitrogen and oxygen atoms in total. The number of rotatable bonds is 12. The van der Waals surface area contributed by atoms with E-state index in [1.165, 1.54) is 23.1 Å². The van der Waals surface area contributed by atoms with Crippen LogP contribution in [0.4, 0.5) is 0 Å². The summed E-state index contributed by atoms with van der Waals surface area (Å²) in [6.45, 7) is 9.74. The lowest BCUT2D eigenvalue weighted by Crippen LogP contribution is -2.19. The fourth-order valence-electron chi connectivity index (χ4n) is 3.99. The normalized spacial score (nSPS) is 13.0. The number of Topliss-reactive ketones (excluding diaryl/α,β-unsaturated/α-hetero) is 1. The number of hydrogen-bond acceptors (Lipinski definition) is 2. The second-order valence-electron chi connectivity index (χ2n) is 9.32. The van der Waals surface area contributed by atoms with Crippen molar-refractivity contribution in [1.82, 2.24) is 0 Å². The SMILES string of the molecule is CC(=O)/C=C(\C)CCCc1ccccc1.CC[C@@](C)(CCCc1ccccc1)CC(C)=O. The van der Waals surface area contributed by atoms with Gasteiger partial charge in [-0.15, -0.1) is 0 Å². The Labute approximate surface area is 196 Å². The Balaban J connectivity index is 0.000000323. The largest absolute Gasteiger partial charge is 0.300 e. The van der Waals surface area contributed by atoms with Crippen molar-refractivity contribution in [3.05, 3.63) is 83.4 Å². The Morgan fingerprint density at radius 1 is 0.812 bits per heavy atom. The third-order valence-electron chi connectivity index (χ3n) is 5.95. The van der Waals surface area contributed by atoms with Gasteiger partial charge in [0.05, 0.1) is 0 Å². The van der Waals surface area contributed by atoms with Crippen molar-refractivity contribution in [1.29, 1.82) is 0 Å². The summed E-state index contributed by atoms with van der Waals surface area (Å²) >= 11 is 0. The first-order valence-electron chi connectivity index (χ1n) is 12.0. The molecule has 2 aromatic rings. The molecule has 0 aliphatic rings. The topological polar surface area (TPSA) is 34.1 Å². The van der Waals surface area contributed by atoms with Crippen LogP contribution in [0.15, 0.2) is 72.3 Å². The van der Waals surface area contributed by atoms with Gasteiger partial charge in [0.1, 0.15) is 5.78 Å². The molecule has 2 rings (SSSR count). The summed E-state index contributed by atoms with van der Waals surface area (Å²) in [5.41, 5.74) is 4.14. The molecule has 0 saturated heterocycles. The molecule has 0 heterocycles. The third-order valence-corrected chi connectivity index (χ3v) is 5.95. The molecule has 2 heteroatoms. The number of hydrogen-bond donors (Lipinski definition) is 0. The highest BCUT2D eigenvalue weighted by Gasteiger charge is 2.23. The summed E-state index contributed by atoms with van der Waals surface area (Å²) in [5.74, 6) is 0.460. The van der Waals surface area contributed by atoms with E-state index >= 15 is 0 Å². The average molecular weight is 435 g/mol. The lowest BCUT2D eigenvalue weighted by atomic mass is 9.78. The van der Waals surface area contributed by atoms with Crippen LogP contribution in [0, 0.1) is 5.41 Å². The molecule has 2 aromatic carbocycles. The first kappa shape index (κ1) is 27.6. The zero-order valence-corrected chi connectivity index (χ0v) is 20.8. The Hall–Kier alpha value is -2.48. The van der Waals surface area contributed by atoms with Crippen LogP contribution in [0.2, 0.25) is 0 Å². The standard InChI is InChI=1S/C16H24O.C14H18O/c1-4-16(3,13-14(2)17)12-8-11-15-9-6-5-7-10-15;1-12(11-13(2)15)7-6-10-14-8-4-3-5-9-14/h5-7,9-10H,4,8,11-13H2,1-3H3;3-5,8-9,11H,6-7,10H2,1-2H3/b;12-11+/t16-;/m0./s1. The highest BCUT2D eigenvalue weighted by atomic mass is 16.1. The molecule has 0 bridgehead atoms. The van der Waals surface area contributed by atoms with Gasteiger partial charge in [-0.2, -0.15) is 0 Å². The van der Waals surface area contributed by atoms with Crippen molar-refractivity contribution >= 4 is 11.6 Å². The summed E-state index contributed by atoms with van der Waals surface area (Å²) in [4.78, 5) is 22.1. The second-order valence-corrected chi connectivity index (χ2v) is 9.32. The number of carbonyl (C=O) groups is 2. The van der Waals surface area contributed by atoms with Gasteiger partial charge in [0.25, 0.3) is 0 Å². The molecule has 0 aliphatic heterocycles. The van der Waals surface area contributed by atoms with Crippen molar-refractivity contribution in [3.8, 4) is 0 Å². The van der Waals surface area contributed by atoms with Gasteiger partial charge in [-0.25, -0.2) is 0 Å². The first-order valence-corrected chi connectivity index (χ1v) is 12.0. The Kier molecular flexibility index (Phi) is 13.2. The minimum absolute atomic E-state index is 0.146. The van der Waals surface area contributed by atoms with Crippen LogP contribution in [0.5, 0.6) is 0 Å². The maximum atomic E-state index is 11.3. The van der Waals surface area contributed by atoms with Crippen molar-refractivity contribution in [2.24, 2.45) is 5.41 Å². The number of carbonyl (C=O) groups excluding carboxylic acids is 2. The van der Waals surface area contributed by atoms with E-state index < -0.39 is 0 Å². The van der Waals surface area contributed by atoms with E-state index in [4.69, 9.17) is 0 Å². The van der Waals surface area contributed by atoms with E-state index in [0.29, 0.717) is 5.78 Å². The van der Waals surface area contributed by atoms with E-state index in [1.807, 2.05) is 13.0 Å². The summed E-state index contributed by atoms with van der Waals surface area (Å²) in [5, 5.41) is 0. The van der Waals surface area contributed by atoms with Gasteiger partial charge < -0.3 is 4.79 Å². The van der Waals surface area contributed by atoms with Crippen LogP contribution in [0.1, 0.15) is 84.3 Å². The molecular weight excluding hydrogens is 392 g/mol. The van der Waals surface area contributed by atoms with Gasteiger partial charge >= 0.3 is 0 Å². The predicted molar refractivity (Wildman–Crippen MR) is 137 cm³/mol. The van der Waals surface area contributed by atoms with Crippen LogP contribution < -0.4 is 0 Å². The van der Waals surface area contributed by atoms with E-state index in [0.717, 1.165) is 44.9 Å². The van der Waals surface area contributed by atoms with E-state index in [1.54, 1.807) is 19.9 Å². The van der Waals surface area contributed by atoms with Crippen molar-refractivity contribution in [3.63, 3.8) is 0 Å². The maximum absolute atomic E-state index is 11.3. The Morgan fingerprint density at radius 2 is 1.31 bits per heavy atom. The molecule has 0 unspecified atom stereocenters. The van der Waals surface area contributed by atoms with Crippen LogP contribution >= 0.6 is 0 Å². The van der Waals surface area contributed by atoms with Crippen LogP contribution in [0.3, 0.4) is 0 Å². The highest BCUT2D eigenvalue weighted by molar-refractivity contribution is 5.87. The molecular formula is C30H42O2. The molecule has 0 aliphatic carbocycles. The zero-order chi connectivity index (χ0) is 23.8. The van der Waals surface area contributed by atoms with E-state index in [9.17, 15) is 9.59 Å². The molecule has 0 spiro atoms. The molecule has 0 aromatic heterocycles. The lowest BCUT2D eigenvalue weighted by molar-refractivity contribution is -0.119. The molecule has 32 heavy (non-hydrogen) atoms. The minimum atomic E-state index is 0.146. The van der Waals surface area contributed by atoms with Crippen LogP contribution in [0.25, 0.3) is 0 Å². The number of allylic oxidation sites excluding steroid dienone is 2. The molecule has 0 fully saturated rings. The summed E-state index contributed by atoms with van der Waals surface area (Å²) in [6, 6.07) is 21.0. The molecule has 174 valence electrons. The van der Waals surface area contributed by atoms with Gasteiger partial charge in [-0.1, -0.05) is 86.5 Å². The number of aryl methyl sites for hydroxylation is 2. The van der Waals surface area contributed by atoms with Gasteiger partial charge in [-0.3, -0.25) is 4.79 Å². The Morgan fingerprint density at radius 3 is 1.75 bits per heavy atom. The van der Waals surface area contributed by atoms with Crippen molar-refractivity contribution < 1.29 is 9.59 Å². The second kappa shape index (κ2) is 15.3. The minimum Gasteiger partial charge on any atom is -0.300 e. The van der Waals surface area contributed by atoms with Gasteiger partial charge in [0.2, 0.25) is 0 Å². The maximum Gasteiger partial charge on any atom is 0.152 e. The number of benzene rings is 2. The molecule has 1 atom stereocenters. The smallest absolute Gasteiger partial charge is 0.152 e. The third kappa shape index (κ3) is 13.0. The van der Waals surface area contributed by atoms with Crippen LogP contribution in [-0.2, 0) is 22.4 Å². The molecule has 0 amide bonds. The fraction of sp³-hybridized carbons (Fsp3) is 0.467. The lowest BCUT2D eigenvalue weighted by Gasteiger charge is -2.27. The number of ketones is 2. The van der Waals surface area contributed by atoms with Crippen molar-refractivity contribution in [2.45, 2.75) is 86.0 Å². The van der Waals surface area contributed by atoms with E-state index in [-0.39, 0.29) is 11.2 Å².